The SMILES string of the molecule is C.C.C.C.C.C.C.C.C.CSC.CSC.CSC.CSC.CSC.CSC.CSC.CSC.CSC. The van der Waals surface area contributed by atoms with E-state index in [0.29, 0.717) is 0 Å². The quantitative estimate of drug-likeness (QED) is 0.240. The molecule has 0 aliphatic carbocycles. The van der Waals surface area contributed by atoms with Crippen LogP contribution in [0.3, 0.4) is 0 Å². The van der Waals surface area contributed by atoms with Crippen LogP contribution in [-0.2, 0) is 0 Å². The Bertz CT molecular complexity index is 57.7. The summed E-state index contributed by atoms with van der Waals surface area (Å²) in [7, 11) is 0. The molecule has 0 aromatic heterocycles. The largest absolute Gasteiger partial charge is 0.169 e. The maximum atomic E-state index is 2.04. The van der Waals surface area contributed by atoms with Crippen LogP contribution in [0.1, 0.15) is 66.8 Å². The minimum atomic E-state index is 0. The van der Waals surface area contributed by atoms with Gasteiger partial charge >= 0.3 is 0 Å². The molecule has 0 spiro atoms. The summed E-state index contributed by atoms with van der Waals surface area (Å²) in [6.45, 7) is 0. The highest BCUT2D eigenvalue weighted by atomic mass is 32.2. The van der Waals surface area contributed by atoms with Gasteiger partial charge in [0.15, 0.2) is 0 Å². The van der Waals surface area contributed by atoms with Crippen LogP contribution >= 0.6 is 106 Å². The third-order valence-corrected chi connectivity index (χ3v) is 0. The Morgan fingerprint density at radius 2 is 0.139 bits per heavy atom. The summed E-state index contributed by atoms with van der Waals surface area (Å²) in [6.07, 6.45) is 36.8. The highest BCUT2D eigenvalue weighted by Crippen LogP contribution is 1.72. The van der Waals surface area contributed by atoms with E-state index in [1.54, 1.807) is 106 Å². The average molecular weight is 704 g/mol. The standard InChI is InChI=1S/9C2H6S.9CH4/c9*1-3-2;;;;;;;;;/h9*1-2H3;9*1H4. The van der Waals surface area contributed by atoms with Crippen molar-refractivity contribution in [3.8, 4) is 0 Å². The van der Waals surface area contributed by atoms with Gasteiger partial charge in [-0.2, -0.15) is 106 Å². The minimum Gasteiger partial charge on any atom is -0.169 e. The fraction of sp³-hybridized carbons (Fsp3) is 1.00. The Kier molecular flexibility index (Phi) is 1260. The molecule has 0 nitrogen and oxygen atoms in total. The number of hydrogen-bond donors (Lipinski definition) is 0. The van der Waals surface area contributed by atoms with Crippen LogP contribution < -0.4 is 0 Å². The number of rotatable bonds is 0. The van der Waals surface area contributed by atoms with E-state index in [1.807, 2.05) is 113 Å². The Balaban J connectivity index is -0.00000000614. The first-order valence-corrected chi connectivity index (χ1v) is 22.0. The molecule has 0 saturated carbocycles. The van der Waals surface area contributed by atoms with Gasteiger partial charge in [0.1, 0.15) is 0 Å². The molecule has 0 saturated heterocycles. The molecule has 252 valence electrons. The van der Waals surface area contributed by atoms with Gasteiger partial charge in [-0.1, -0.05) is 66.8 Å². The molecular weight excluding hydrogens is 613 g/mol. The topological polar surface area (TPSA) is 0 Å². The van der Waals surface area contributed by atoms with E-state index >= 15 is 0 Å². The van der Waals surface area contributed by atoms with Crippen LogP contribution in [-0.4, -0.2) is 113 Å². The molecule has 0 radical (unpaired) electrons. The van der Waals surface area contributed by atoms with Gasteiger partial charge in [-0.25, -0.2) is 0 Å². The predicted molar refractivity (Wildman–Crippen MR) is 236 cm³/mol. The first-order chi connectivity index (χ1) is 12.7. The van der Waals surface area contributed by atoms with Crippen molar-refractivity contribution in [2.75, 3.05) is 113 Å². The van der Waals surface area contributed by atoms with Gasteiger partial charge in [-0.3, -0.25) is 0 Å². The van der Waals surface area contributed by atoms with Gasteiger partial charge in [0.05, 0.1) is 0 Å². The van der Waals surface area contributed by atoms with E-state index in [-0.39, 0.29) is 66.8 Å². The molecule has 0 N–H and O–H groups in total. The molecule has 0 aromatic rings. The van der Waals surface area contributed by atoms with Crippen molar-refractivity contribution < 1.29 is 0 Å². The van der Waals surface area contributed by atoms with Crippen molar-refractivity contribution in [1.82, 2.24) is 0 Å². The lowest BCUT2D eigenvalue weighted by atomic mass is 11.9. The summed E-state index contributed by atoms with van der Waals surface area (Å²) in [4.78, 5) is 0. The molecule has 0 aliphatic heterocycles. The monoisotopic (exact) mass is 702 g/mol. The van der Waals surface area contributed by atoms with E-state index in [1.165, 1.54) is 0 Å². The Labute approximate surface area is 282 Å². The summed E-state index contributed by atoms with van der Waals surface area (Å²) in [5.41, 5.74) is 0. The molecule has 0 rings (SSSR count). The summed E-state index contributed by atoms with van der Waals surface area (Å²) >= 11 is 15.8. The molecule has 0 unspecified atom stereocenters. The van der Waals surface area contributed by atoms with Crippen LogP contribution in [0.25, 0.3) is 0 Å². The maximum absolute atomic E-state index is 2.04. The molecule has 0 aromatic carbocycles. The minimum absolute atomic E-state index is 0. The van der Waals surface area contributed by atoms with Crippen molar-refractivity contribution >= 4 is 106 Å². The van der Waals surface area contributed by atoms with E-state index in [2.05, 4.69) is 0 Å². The number of thioether (sulfide) groups is 9. The Morgan fingerprint density at radius 3 is 0.139 bits per heavy atom. The van der Waals surface area contributed by atoms with Gasteiger partial charge in [0.2, 0.25) is 0 Å². The third kappa shape index (κ3) is 4890. The Morgan fingerprint density at radius 1 is 0.139 bits per heavy atom. The normalized spacial score (nSPS) is 4.50. The zero-order valence-electron chi connectivity index (χ0n) is 21.7. The molecule has 0 amide bonds. The van der Waals surface area contributed by atoms with Gasteiger partial charge in [0.25, 0.3) is 0 Å². The van der Waals surface area contributed by atoms with Crippen molar-refractivity contribution in [3.63, 3.8) is 0 Å². The van der Waals surface area contributed by atoms with E-state index < -0.39 is 0 Å². The smallest absolute Gasteiger partial charge is 0.0187 e. The summed E-state index contributed by atoms with van der Waals surface area (Å²) in [5.74, 6) is 0. The van der Waals surface area contributed by atoms with Gasteiger partial charge < -0.3 is 0 Å². The highest BCUT2D eigenvalue weighted by molar-refractivity contribution is 7.99. The zero-order valence-corrected chi connectivity index (χ0v) is 29.0. The molecule has 0 bridgehead atoms. The van der Waals surface area contributed by atoms with Crippen LogP contribution in [0.5, 0.6) is 0 Å². The first-order valence-electron chi connectivity index (χ1n) is 7.35. The molecule has 0 aliphatic rings. The average Bonchev–Trinajstić information content (AvgIpc) is 2.53. The molecular formula is C27H90S9. The molecule has 9 heteroatoms. The molecule has 0 atom stereocenters. The van der Waals surface area contributed by atoms with Gasteiger partial charge in [0, 0.05) is 0 Å². The van der Waals surface area contributed by atoms with Crippen molar-refractivity contribution in [2.24, 2.45) is 0 Å². The van der Waals surface area contributed by atoms with E-state index in [4.69, 9.17) is 0 Å². The van der Waals surface area contributed by atoms with Crippen LogP contribution in [0.4, 0.5) is 0 Å². The van der Waals surface area contributed by atoms with Crippen molar-refractivity contribution in [1.29, 1.82) is 0 Å². The fourth-order valence-electron chi connectivity index (χ4n) is 0. The van der Waals surface area contributed by atoms with Crippen molar-refractivity contribution in [2.45, 2.75) is 66.8 Å². The maximum Gasteiger partial charge on any atom is -0.0187 e. The van der Waals surface area contributed by atoms with E-state index in [9.17, 15) is 0 Å². The van der Waals surface area contributed by atoms with Gasteiger partial charge in [-0.05, 0) is 113 Å². The highest BCUT2D eigenvalue weighted by Gasteiger charge is 1.35. The lowest BCUT2D eigenvalue weighted by Crippen LogP contribution is -1.25. The fourth-order valence-corrected chi connectivity index (χ4v) is 0. The third-order valence-electron chi connectivity index (χ3n) is 0. The molecule has 0 fully saturated rings. The second-order valence-electron chi connectivity index (χ2n) is 3.67. The zero-order chi connectivity index (χ0) is 24.4. The number of hydrogen-bond acceptors (Lipinski definition) is 9. The molecule has 0 heterocycles. The van der Waals surface area contributed by atoms with Crippen LogP contribution in [0.2, 0.25) is 0 Å². The van der Waals surface area contributed by atoms with Gasteiger partial charge in [-0.15, -0.1) is 0 Å². The first kappa shape index (κ1) is 127. The predicted octanol–water partition coefficient (Wildman–Crippen LogP) is 14.5. The lowest BCUT2D eigenvalue weighted by Gasteiger charge is -1.51. The molecule has 36 heavy (non-hydrogen) atoms. The summed E-state index contributed by atoms with van der Waals surface area (Å²) < 4.78 is 0. The van der Waals surface area contributed by atoms with Crippen molar-refractivity contribution in [3.05, 3.63) is 0 Å². The Hall–Kier alpha value is 3.15. The lowest BCUT2D eigenvalue weighted by molar-refractivity contribution is 2.37. The van der Waals surface area contributed by atoms with E-state index in [0.717, 1.165) is 0 Å². The summed E-state index contributed by atoms with van der Waals surface area (Å²) in [6, 6.07) is 0. The second kappa shape index (κ2) is 357. The second-order valence-corrected chi connectivity index (χ2v) is 11.0. The van der Waals surface area contributed by atoms with Crippen LogP contribution in [0, 0.1) is 0 Å². The van der Waals surface area contributed by atoms with Crippen LogP contribution in [0.15, 0.2) is 0 Å². The summed E-state index contributed by atoms with van der Waals surface area (Å²) in [5, 5.41) is 0.